The van der Waals surface area contributed by atoms with E-state index in [9.17, 15) is 68.1 Å². The van der Waals surface area contributed by atoms with E-state index in [2.05, 4.69) is 61.2 Å². The molecule has 1 aliphatic heterocycles. The quantitative estimate of drug-likeness (QED) is 0.0208. The molecule has 0 aromatic heterocycles. The number of nitrogens with zero attached hydrogens (tertiary/aromatic N) is 2. The molecule has 0 aromatic rings. The Kier molecular flexibility index (Phi) is 21.2. The molecule has 2 rings (SSSR count). The molecule has 0 radical (unpaired) electrons. The zero-order valence-electron chi connectivity index (χ0n) is 34.2. The number of nitrogens with one attached hydrogen (secondary N) is 9. The van der Waals surface area contributed by atoms with Crippen LogP contribution in [-0.4, -0.2) is 160 Å². The van der Waals surface area contributed by atoms with E-state index in [1.165, 1.54) is 13.0 Å². The van der Waals surface area contributed by atoms with E-state index in [4.69, 9.17) is 10.8 Å². The van der Waals surface area contributed by atoms with E-state index in [-0.39, 0.29) is 28.9 Å². The van der Waals surface area contributed by atoms with Crippen LogP contribution in [0.5, 0.6) is 0 Å². The third-order valence-corrected chi connectivity index (χ3v) is 8.96. The maximum Gasteiger partial charge on any atom is 0.327 e. The molecule has 27 nitrogen and oxygen atoms in total. The average Bonchev–Trinajstić information content (AvgIpc) is 3.20. The van der Waals surface area contributed by atoms with Crippen molar-refractivity contribution in [2.45, 2.75) is 81.4 Å². The Hall–Kier alpha value is -7.20. The number of hydrogen-bond acceptors (Lipinski definition) is 17. The van der Waals surface area contributed by atoms with Gasteiger partial charge in [0.25, 0.3) is 11.8 Å². The van der Waals surface area contributed by atoms with Crippen LogP contribution in [0.2, 0.25) is 0 Å². The van der Waals surface area contributed by atoms with Crippen LogP contribution in [0.4, 0.5) is 0 Å². The van der Waals surface area contributed by atoms with Gasteiger partial charge in [-0.1, -0.05) is 18.2 Å². The predicted molar refractivity (Wildman–Crippen MR) is 224 cm³/mol. The van der Waals surface area contributed by atoms with Gasteiger partial charge in [0.05, 0.1) is 25.9 Å². The van der Waals surface area contributed by atoms with Gasteiger partial charge in [-0.05, 0) is 32.9 Å². The van der Waals surface area contributed by atoms with Crippen molar-refractivity contribution >= 4 is 90.8 Å². The van der Waals surface area contributed by atoms with E-state index in [1.807, 2.05) is 16.0 Å². The molecular formula is C36H50N12O15S. The molecule has 0 aromatic carbocycles. The number of carbonyl (C=O) groups is 11. The number of nitrogens with two attached hydrogens (primary N) is 1. The molecule has 28 heteroatoms. The van der Waals surface area contributed by atoms with Crippen molar-refractivity contribution < 1.29 is 73.2 Å². The highest BCUT2D eigenvalue weighted by Crippen LogP contribution is 2.14. The van der Waals surface area contributed by atoms with E-state index >= 15 is 0 Å². The Balaban J connectivity index is 1.88. The number of rotatable bonds is 27. The smallest absolute Gasteiger partial charge is 0.327 e. The fourth-order valence-corrected chi connectivity index (χ4v) is 5.72. The van der Waals surface area contributed by atoms with Crippen LogP contribution in [0.3, 0.4) is 0 Å². The molecule has 350 valence electrons. The lowest BCUT2D eigenvalue weighted by molar-refractivity contribution is -0.142. The first kappa shape index (κ1) is 52.9. The molecule has 6 atom stereocenters. The van der Waals surface area contributed by atoms with Crippen LogP contribution in [0, 0.1) is 0 Å². The molecule has 0 spiro atoms. The average molecular weight is 923 g/mol. The molecule has 2 unspecified atom stereocenters. The zero-order chi connectivity index (χ0) is 48.1. The lowest BCUT2D eigenvalue weighted by Crippen LogP contribution is -2.65. The Labute approximate surface area is 369 Å². The fraction of sp³-hybridized carbons (Fsp3) is 0.472. The number of aliphatic carboxylic acids is 4. The Morgan fingerprint density at radius 2 is 1.41 bits per heavy atom. The molecule has 1 aliphatic carbocycles. The first-order valence-electron chi connectivity index (χ1n) is 19.0. The summed E-state index contributed by atoms with van der Waals surface area (Å²) < 4.78 is 0. The standard InChI is InChI=1S/C36H50N12O15S/c1-36(37)47-29(28(38-2)33(59)48-36)40-11-3-10-39-18-6-4-17(5-7-18)30(56)46-19(34(60)61)8-9-23(49)43-20(12-26(52)53)31(57)41-14-24(50)44-21(13-27(54)55)32(58)42-15-25(51)45-22(16-64)35(62)63/h4-6,11,18-22,39,47,64H,2-3,7-10,12-16,37H2,1H3,(H,41,57)(H,42,58)(H,43,49)(H,44,50)(H,45,51)(H,46,56)(H,48,59)(H,52,53)(H,54,55)(H,60,61)(H,62,63)/t18?,19-,20-,21-,22-,36?/m0/s1. The van der Waals surface area contributed by atoms with Gasteiger partial charge in [0.15, 0.2) is 17.3 Å². The first-order chi connectivity index (χ1) is 30.0. The van der Waals surface area contributed by atoms with Crippen molar-refractivity contribution in [1.29, 1.82) is 0 Å². The predicted octanol–water partition coefficient (Wildman–Crippen LogP) is -5.49. The molecule has 64 heavy (non-hydrogen) atoms. The van der Waals surface area contributed by atoms with Gasteiger partial charge in [0.1, 0.15) is 24.2 Å². The lowest BCUT2D eigenvalue weighted by atomic mass is 10.0. The number of amides is 7. The summed E-state index contributed by atoms with van der Waals surface area (Å²) in [4.78, 5) is 141. The van der Waals surface area contributed by atoms with E-state index in [1.54, 1.807) is 18.4 Å². The summed E-state index contributed by atoms with van der Waals surface area (Å²) in [5.74, 6) is -14.2. The largest absolute Gasteiger partial charge is 0.481 e. The number of carboxylic acid groups (broad SMARTS) is 4. The Morgan fingerprint density at radius 3 is 1.89 bits per heavy atom. The second-order valence-electron chi connectivity index (χ2n) is 14.0. The SMILES string of the molecule is C=NC1=C(N=CCCNC2C=CC(C(=O)N[C@@H](CCC(=O)N[C@@H](CC(=O)O)C(=O)NCC(=O)N[C@@H](CC(=O)O)C(=O)NCC(=O)N[C@@H](CS)C(=O)O)C(=O)O)=CC2)NC(C)(N)NC1=O. The van der Waals surface area contributed by atoms with Gasteiger partial charge in [-0.15, -0.1) is 0 Å². The van der Waals surface area contributed by atoms with Gasteiger partial charge in [-0.25, -0.2) is 14.6 Å². The fourth-order valence-electron chi connectivity index (χ4n) is 5.47. The van der Waals surface area contributed by atoms with E-state index < -0.39 is 134 Å². The molecular weight excluding hydrogens is 873 g/mol. The first-order valence-corrected chi connectivity index (χ1v) is 19.7. The second-order valence-corrected chi connectivity index (χ2v) is 14.3. The number of aliphatic imine (C=N–C) groups is 2. The zero-order valence-corrected chi connectivity index (χ0v) is 35.1. The minimum atomic E-state index is -1.80. The van der Waals surface area contributed by atoms with Crippen molar-refractivity contribution in [2.24, 2.45) is 15.7 Å². The number of carbonyl (C=O) groups excluding carboxylic acids is 7. The number of carboxylic acids is 4. The van der Waals surface area contributed by atoms with Crippen molar-refractivity contribution in [2.75, 3.05) is 25.4 Å². The van der Waals surface area contributed by atoms with Gasteiger partial charge in [-0.2, -0.15) is 12.6 Å². The van der Waals surface area contributed by atoms with Crippen LogP contribution < -0.4 is 53.6 Å². The van der Waals surface area contributed by atoms with E-state index in [0.29, 0.717) is 19.4 Å². The van der Waals surface area contributed by atoms with Crippen molar-refractivity contribution in [3.05, 3.63) is 35.3 Å². The van der Waals surface area contributed by atoms with Crippen LogP contribution in [0.15, 0.2) is 45.3 Å². The summed E-state index contributed by atoms with van der Waals surface area (Å²) in [6, 6.07) is -6.77. The van der Waals surface area contributed by atoms with Crippen LogP contribution in [-0.2, 0) is 52.7 Å². The molecule has 2 aliphatic rings. The van der Waals surface area contributed by atoms with Gasteiger partial charge < -0.3 is 68.3 Å². The molecule has 0 saturated carbocycles. The van der Waals surface area contributed by atoms with Crippen molar-refractivity contribution in [1.82, 2.24) is 47.9 Å². The molecule has 15 N–H and O–H groups in total. The molecule has 0 saturated heterocycles. The van der Waals surface area contributed by atoms with Crippen molar-refractivity contribution in [3.8, 4) is 0 Å². The molecule has 1 heterocycles. The van der Waals surface area contributed by atoms with E-state index in [0.717, 1.165) is 0 Å². The second kappa shape index (κ2) is 25.7. The summed E-state index contributed by atoms with van der Waals surface area (Å²) in [6.45, 7) is 3.57. The Morgan fingerprint density at radius 1 is 0.859 bits per heavy atom. The van der Waals surface area contributed by atoms with Gasteiger partial charge in [0, 0.05) is 36.5 Å². The van der Waals surface area contributed by atoms with Crippen LogP contribution in [0.1, 0.15) is 45.4 Å². The molecule has 0 bridgehead atoms. The minimum Gasteiger partial charge on any atom is -0.481 e. The molecule has 7 amide bonds. The topological polar surface area (TPSA) is 428 Å². The minimum absolute atomic E-state index is 0.0210. The third kappa shape index (κ3) is 18.8. The summed E-state index contributed by atoms with van der Waals surface area (Å²) in [5.41, 5.74) is 6.04. The maximum atomic E-state index is 12.9. The Bertz CT molecular complexity index is 1990. The van der Waals surface area contributed by atoms with Crippen molar-refractivity contribution in [3.63, 3.8) is 0 Å². The summed E-state index contributed by atoms with van der Waals surface area (Å²) in [5, 5.41) is 58.3. The van der Waals surface area contributed by atoms with Gasteiger partial charge in [-0.3, -0.25) is 53.9 Å². The van der Waals surface area contributed by atoms with Crippen LogP contribution in [0.25, 0.3) is 0 Å². The number of hydrogen-bond donors (Lipinski definition) is 15. The highest BCUT2D eigenvalue weighted by atomic mass is 32.1. The van der Waals surface area contributed by atoms with Gasteiger partial charge in [0.2, 0.25) is 29.5 Å². The monoisotopic (exact) mass is 922 g/mol. The molecule has 0 fully saturated rings. The third-order valence-electron chi connectivity index (χ3n) is 8.60. The maximum absolute atomic E-state index is 12.9. The summed E-state index contributed by atoms with van der Waals surface area (Å²) >= 11 is 3.78. The van der Waals surface area contributed by atoms with Crippen LogP contribution >= 0.6 is 12.6 Å². The highest BCUT2D eigenvalue weighted by molar-refractivity contribution is 7.80. The number of thiol groups is 1. The highest BCUT2D eigenvalue weighted by Gasteiger charge is 2.32. The lowest BCUT2D eigenvalue weighted by Gasteiger charge is -2.32. The summed E-state index contributed by atoms with van der Waals surface area (Å²) in [6.07, 6.45) is 3.95. The normalized spacial score (nSPS) is 18.6. The summed E-state index contributed by atoms with van der Waals surface area (Å²) in [7, 11) is 0. The van der Waals surface area contributed by atoms with Gasteiger partial charge >= 0.3 is 23.9 Å².